The molecule has 1 saturated heterocycles. The zero-order valence-electron chi connectivity index (χ0n) is 18.7. The zero-order valence-corrected chi connectivity index (χ0v) is 19.8. The first-order valence-electron chi connectivity index (χ1n) is 10.9. The van der Waals surface area contributed by atoms with E-state index in [1.54, 1.807) is 6.92 Å². The Morgan fingerprint density at radius 3 is 2.39 bits per heavy atom. The number of rotatable bonds is 10. The minimum Gasteiger partial charge on any atom is -0.465 e. The number of carbonyl (C=O) groups is 1. The quantitative estimate of drug-likeness (QED) is 0.164. The topological polar surface area (TPSA) is 126 Å². The molecule has 0 saturated carbocycles. The minimum atomic E-state index is -1.51. The summed E-state index contributed by atoms with van der Waals surface area (Å²) >= 11 is 0. The largest absolute Gasteiger partial charge is 2.00 e. The fourth-order valence-electron chi connectivity index (χ4n) is 3.16. The van der Waals surface area contributed by atoms with Crippen LogP contribution in [0, 0.1) is 5.92 Å². The van der Waals surface area contributed by atoms with Crippen molar-refractivity contribution in [3.63, 3.8) is 0 Å². The normalized spacial score (nSPS) is 25.3. The Morgan fingerprint density at radius 2 is 1.82 bits per heavy atom. The van der Waals surface area contributed by atoms with Gasteiger partial charge in [0, 0.05) is 0 Å². The Bertz CT molecular complexity index is 702. The van der Waals surface area contributed by atoms with Gasteiger partial charge >= 0.3 is 23.0 Å². The van der Waals surface area contributed by atoms with Crippen LogP contribution in [0.4, 0.5) is 0 Å². The van der Waals surface area contributed by atoms with Crippen LogP contribution in [0.2, 0.25) is 0 Å². The summed E-state index contributed by atoms with van der Waals surface area (Å²) < 4.78 is 15.8. The van der Waals surface area contributed by atoms with Crippen LogP contribution < -0.4 is 0 Å². The Kier molecular flexibility index (Phi) is 14.4. The Balaban J connectivity index is 0.000000799. The number of aryl methyl sites for hydroxylation is 1. The van der Waals surface area contributed by atoms with Gasteiger partial charge in [-0.1, -0.05) is 6.42 Å². The van der Waals surface area contributed by atoms with Gasteiger partial charge in [0.05, 0.1) is 25.7 Å². The van der Waals surface area contributed by atoms with Crippen LogP contribution in [0.5, 0.6) is 0 Å². The van der Waals surface area contributed by atoms with Crippen LogP contribution in [-0.2, 0) is 42.5 Å². The number of aliphatic hydroxyl groups is 4. The van der Waals surface area contributed by atoms with Crippen molar-refractivity contribution in [2.75, 3.05) is 19.8 Å². The molecule has 1 heterocycles. The third-order valence-electron chi connectivity index (χ3n) is 5.15. The summed E-state index contributed by atoms with van der Waals surface area (Å²) in [5.74, 6) is -1.01. The molecule has 0 radical (unpaired) electrons. The molecule has 8 nitrogen and oxygen atoms in total. The van der Waals surface area contributed by atoms with Crippen LogP contribution in [0.3, 0.4) is 0 Å². The molecule has 0 spiro atoms. The third-order valence-corrected chi connectivity index (χ3v) is 5.15. The van der Waals surface area contributed by atoms with E-state index in [9.17, 15) is 20.1 Å². The van der Waals surface area contributed by atoms with E-state index in [4.69, 9.17) is 19.3 Å². The smallest absolute Gasteiger partial charge is 0.465 e. The molecule has 0 aliphatic carbocycles. The predicted octanol–water partition coefficient (Wildman–Crippen LogP) is 1.13. The number of hydrogen-bond acceptors (Lipinski definition) is 8. The van der Waals surface area contributed by atoms with E-state index in [0.29, 0.717) is 6.61 Å². The molecule has 33 heavy (non-hydrogen) atoms. The van der Waals surface area contributed by atoms with Gasteiger partial charge in [-0.2, -0.15) is 35.9 Å². The van der Waals surface area contributed by atoms with Crippen LogP contribution in [-0.4, -0.2) is 76.9 Å². The van der Waals surface area contributed by atoms with Crippen molar-refractivity contribution in [2.24, 2.45) is 5.92 Å². The molecule has 0 aromatic heterocycles. The van der Waals surface area contributed by atoms with Gasteiger partial charge in [-0.3, -0.25) is 4.79 Å². The first-order valence-corrected chi connectivity index (χ1v) is 10.9. The van der Waals surface area contributed by atoms with Crippen LogP contribution in [0.25, 0.3) is 0 Å². The fraction of sp³-hybridized carbons (Fsp3) is 0.542. The van der Waals surface area contributed by atoms with Gasteiger partial charge in [-0.15, -0.1) is 0 Å². The SMILES string of the molecule is C[C@H](CO[C@H]1O[C@H](CO)[C@@H](O)[C@H](O)[C@@H]1O)C(=O)OCCCCc1ccc[cH-]1.[Fe+2].c1cc[cH-]c1. The van der Waals surface area contributed by atoms with E-state index in [1.165, 1.54) is 5.56 Å². The molecule has 0 amide bonds. The number of esters is 1. The first kappa shape index (κ1) is 29.5. The maximum absolute atomic E-state index is 12.0. The van der Waals surface area contributed by atoms with Gasteiger partial charge < -0.3 is 34.6 Å². The minimum absolute atomic E-state index is 0. The van der Waals surface area contributed by atoms with Gasteiger partial charge in [-0.25, -0.2) is 24.3 Å². The molecule has 3 rings (SSSR count). The van der Waals surface area contributed by atoms with Crippen molar-refractivity contribution in [1.29, 1.82) is 0 Å². The number of unbranched alkanes of at least 4 members (excludes halogenated alkanes) is 1. The number of ether oxygens (including phenoxy) is 3. The van der Waals surface area contributed by atoms with E-state index in [1.807, 2.05) is 42.5 Å². The second kappa shape index (κ2) is 16.1. The van der Waals surface area contributed by atoms with E-state index < -0.39 is 49.2 Å². The fourth-order valence-corrected chi connectivity index (χ4v) is 3.16. The van der Waals surface area contributed by atoms with Gasteiger partial charge in [0.15, 0.2) is 6.29 Å². The summed E-state index contributed by atoms with van der Waals surface area (Å²) in [6.45, 7) is 1.32. The number of aliphatic hydroxyl groups excluding tert-OH is 4. The van der Waals surface area contributed by atoms with Crippen molar-refractivity contribution >= 4 is 5.97 Å². The summed E-state index contributed by atoms with van der Waals surface area (Å²) in [4.78, 5) is 12.0. The van der Waals surface area contributed by atoms with Crippen molar-refractivity contribution in [3.05, 3.63) is 60.2 Å². The predicted molar refractivity (Wildman–Crippen MR) is 117 cm³/mol. The average molecular weight is 506 g/mol. The second-order valence-corrected chi connectivity index (χ2v) is 7.81. The monoisotopic (exact) mass is 506 g/mol. The maximum atomic E-state index is 12.0. The van der Waals surface area contributed by atoms with Crippen molar-refractivity contribution in [3.8, 4) is 0 Å². The van der Waals surface area contributed by atoms with Crippen molar-refractivity contribution in [1.82, 2.24) is 0 Å². The number of carbonyl (C=O) groups excluding carboxylic acids is 1. The summed E-state index contributed by atoms with van der Waals surface area (Å²) in [6, 6.07) is 18.1. The standard InChI is InChI=1S/C19H29O8.C5H5.Fe/c1-12(18(24)25-9-5-4-8-13-6-2-3-7-13)11-26-19-17(23)16(22)15(21)14(10-20)27-19;1-2-4-5-3-1;/h2-3,6-7,12,14-17,19-23H,4-5,8-11H2,1H3;1-5H;/q2*-1;+2/t12-,14-,15-,16+,17+,19+;;/m1../s1. The zero-order chi connectivity index (χ0) is 23.3. The Hall–Kier alpha value is -1.55. The van der Waals surface area contributed by atoms with E-state index in [-0.39, 0.29) is 23.7 Å². The summed E-state index contributed by atoms with van der Waals surface area (Å²) in [7, 11) is 0. The van der Waals surface area contributed by atoms with Gasteiger partial charge in [0.25, 0.3) is 0 Å². The maximum Gasteiger partial charge on any atom is 2.00 e. The molecule has 9 heteroatoms. The molecule has 2 aromatic carbocycles. The molecule has 0 bridgehead atoms. The molecule has 1 aliphatic heterocycles. The molecule has 1 aliphatic rings. The van der Waals surface area contributed by atoms with Crippen molar-refractivity contribution in [2.45, 2.75) is 56.9 Å². The van der Waals surface area contributed by atoms with E-state index in [2.05, 4.69) is 12.1 Å². The Morgan fingerprint density at radius 1 is 1.09 bits per heavy atom. The average Bonchev–Trinajstić information content (AvgIpc) is 3.53. The molecule has 186 valence electrons. The molecule has 1 fully saturated rings. The summed E-state index contributed by atoms with van der Waals surface area (Å²) in [5.41, 5.74) is 1.27. The second-order valence-electron chi connectivity index (χ2n) is 7.81. The number of hydrogen-bond donors (Lipinski definition) is 4. The van der Waals surface area contributed by atoms with Crippen LogP contribution in [0.1, 0.15) is 25.3 Å². The van der Waals surface area contributed by atoms with Crippen LogP contribution >= 0.6 is 0 Å². The van der Waals surface area contributed by atoms with E-state index >= 15 is 0 Å². The molecular formula is C24H34FeO8. The summed E-state index contributed by atoms with van der Waals surface area (Å²) in [5, 5.41) is 38.5. The van der Waals surface area contributed by atoms with Gasteiger partial charge in [-0.05, 0) is 19.8 Å². The van der Waals surface area contributed by atoms with Crippen molar-refractivity contribution < 1.29 is 56.5 Å². The van der Waals surface area contributed by atoms with Gasteiger partial charge in [0.1, 0.15) is 24.4 Å². The first-order chi connectivity index (χ1) is 15.4. The summed E-state index contributed by atoms with van der Waals surface area (Å²) in [6.07, 6.45) is -4.10. The third kappa shape index (κ3) is 10.1. The Labute approximate surface area is 205 Å². The van der Waals surface area contributed by atoms with E-state index in [0.717, 1.165) is 19.3 Å². The molecule has 6 atom stereocenters. The van der Waals surface area contributed by atoms with Gasteiger partial charge in [0.2, 0.25) is 0 Å². The molecule has 0 unspecified atom stereocenters. The molecule has 4 N–H and O–H groups in total. The molecule has 2 aromatic rings. The molecular weight excluding hydrogens is 472 g/mol. The van der Waals surface area contributed by atoms with Crippen LogP contribution in [0.15, 0.2) is 54.6 Å².